The molecule has 0 bridgehead atoms. The fraction of sp³-hybridized carbons (Fsp3) is 0.867. The van der Waals surface area contributed by atoms with Gasteiger partial charge >= 0.3 is 5.97 Å². The molecule has 0 aromatic carbocycles. The first kappa shape index (κ1) is 20.6. The lowest BCUT2D eigenvalue weighted by Crippen LogP contribution is -2.45. The van der Waals surface area contributed by atoms with E-state index in [0.29, 0.717) is 12.4 Å². The van der Waals surface area contributed by atoms with Gasteiger partial charge in [-0.25, -0.2) is 4.79 Å². The molecule has 0 radical (unpaired) electrons. The minimum Gasteiger partial charge on any atom is -0.464 e. The van der Waals surface area contributed by atoms with Crippen molar-refractivity contribution in [2.45, 2.75) is 65.2 Å². The van der Waals surface area contributed by atoms with E-state index in [2.05, 4.69) is 26.1 Å². The summed E-state index contributed by atoms with van der Waals surface area (Å²) in [7, 11) is 3.29. The van der Waals surface area contributed by atoms with Crippen molar-refractivity contribution >= 4 is 33.5 Å². The summed E-state index contributed by atoms with van der Waals surface area (Å²) in [4.78, 5) is 24.0. The Morgan fingerprint density at radius 1 is 1.24 bits per heavy atom. The first-order chi connectivity index (χ1) is 9.71. The molecule has 6 heteroatoms. The summed E-state index contributed by atoms with van der Waals surface area (Å²) in [6.45, 7) is 12.4. The van der Waals surface area contributed by atoms with Crippen molar-refractivity contribution in [1.82, 2.24) is 5.32 Å². The highest BCUT2D eigenvalue weighted by atomic mass is 33.1. The minimum atomic E-state index is -0.573. The predicted octanol–water partition coefficient (Wildman–Crippen LogP) is 3.65. The number of carbonyl (C=O) groups is 2. The van der Waals surface area contributed by atoms with Crippen LogP contribution in [0.3, 0.4) is 0 Å². The van der Waals surface area contributed by atoms with E-state index in [-0.39, 0.29) is 22.5 Å². The SMILES string of the molecule is CCCC(C)C(=O)NC(CSSC(C)(C)C)C(=O)OCC. The summed E-state index contributed by atoms with van der Waals surface area (Å²) in [5.41, 5.74) is 0. The lowest BCUT2D eigenvalue weighted by Gasteiger charge is -2.21. The van der Waals surface area contributed by atoms with Crippen molar-refractivity contribution in [2.75, 3.05) is 12.4 Å². The largest absolute Gasteiger partial charge is 0.464 e. The summed E-state index contributed by atoms with van der Waals surface area (Å²) in [5.74, 6) is 0.0192. The highest BCUT2D eigenvalue weighted by Gasteiger charge is 2.25. The molecule has 0 aromatic heterocycles. The molecule has 0 aliphatic carbocycles. The molecule has 0 saturated carbocycles. The molecule has 21 heavy (non-hydrogen) atoms. The summed E-state index contributed by atoms with van der Waals surface area (Å²) in [6, 6.07) is -0.573. The van der Waals surface area contributed by atoms with Crippen LogP contribution in [0.1, 0.15) is 54.4 Å². The van der Waals surface area contributed by atoms with E-state index in [1.54, 1.807) is 28.5 Å². The van der Waals surface area contributed by atoms with Crippen molar-refractivity contribution in [3.05, 3.63) is 0 Å². The molecule has 0 fully saturated rings. The molecule has 1 N–H and O–H groups in total. The van der Waals surface area contributed by atoms with Gasteiger partial charge in [0.15, 0.2) is 0 Å². The van der Waals surface area contributed by atoms with Crippen LogP contribution in [-0.2, 0) is 14.3 Å². The highest BCUT2D eigenvalue weighted by Crippen LogP contribution is 2.35. The van der Waals surface area contributed by atoms with E-state index in [1.807, 2.05) is 13.8 Å². The molecule has 0 spiro atoms. The molecular formula is C15H29NO3S2. The maximum absolute atomic E-state index is 12.1. The van der Waals surface area contributed by atoms with Gasteiger partial charge in [-0.3, -0.25) is 4.79 Å². The lowest BCUT2D eigenvalue weighted by molar-refractivity contribution is -0.147. The monoisotopic (exact) mass is 335 g/mol. The van der Waals surface area contributed by atoms with Gasteiger partial charge in [-0.1, -0.05) is 62.6 Å². The number of nitrogens with one attached hydrogen (secondary N) is 1. The average molecular weight is 336 g/mol. The summed E-state index contributed by atoms with van der Waals surface area (Å²) >= 11 is 0. The normalized spacial score (nSPS) is 14.4. The van der Waals surface area contributed by atoms with Gasteiger partial charge in [0.25, 0.3) is 0 Å². The molecule has 0 heterocycles. The molecule has 4 nitrogen and oxygen atoms in total. The molecule has 1 amide bonds. The van der Waals surface area contributed by atoms with Crippen LogP contribution >= 0.6 is 21.6 Å². The Morgan fingerprint density at radius 2 is 1.86 bits per heavy atom. The van der Waals surface area contributed by atoms with Gasteiger partial charge in [0, 0.05) is 16.4 Å². The number of ether oxygens (including phenoxy) is 1. The molecule has 0 aliphatic rings. The summed E-state index contributed by atoms with van der Waals surface area (Å²) in [5, 5.41) is 2.82. The van der Waals surface area contributed by atoms with E-state index < -0.39 is 6.04 Å². The number of amides is 1. The Balaban J connectivity index is 4.52. The second-order valence-electron chi connectivity index (χ2n) is 5.98. The van der Waals surface area contributed by atoms with Crippen LogP contribution < -0.4 is 5.32 Å². The number of rotatable bonds is 9. The maximum atomic E-state index is 12.1. The zero-order valence-electron chi connectivity index (χ0n) is 14.0. The number of hydrogen-bond donors (Lipinski definition) is 1. The van der Waals surface area contributed by atoms with Crippen LogP contribution in [0.25, 0.3) is 0 Å². The predicted molar refractivity (Wildman–Crippen MR) is 92.4 cm³/mol. The second kappa shape index (κ2) is 10.4. The van der Waals surface area contributed by atoms with Crippen molar-refractivity contribution < 1.29 is 14.3 Å². The third-order valence-electron chi connectivity index (χ3n) is 2.60. The Morgan fingerprint density at radius 3 is 2.33 bits per heavy atom. The van der Waals surface area contributed by atoms with Crippen LogP contribution in [0.15, 0.2) is 0 Å². The van der Waals surface area contributed by atoms with E-state index >= 15 is 0 Å². The van der Waals surface area contributed by atoms with Crippen LogP contribution in [0.5, 0.6) is 0 Å². The maximum Gasteiger partial charge on any atom is 0.329 e. The number of esters is 1. The minimum absolute atomic E-state index is 0.0729. The standard InChI is InChI=1S/C15H29NO3S2/c1-7-9-11(3)13(17)16-12(14(18)19-8-2)10-20-21-15(4,5)6/h11-12H,7-10H2,1-6H3,(H,16,17). The number of carbonyl (C=O) groups excluding carboxylic acids is 2. The van der Waals surface area contributed by atoms with Gasteiger partial charge in [0.05, 0.1) is 6.61 Å². The topological polar surface area (TPSA) is 55.4 Å². The fourth-order valence-corrected chi connectivity index (χ4v) is 4.02. The third-order valence-corrected chi connectivity index (χ3v) is 5.95. The second-order valence-corrected chi connectivity index (χ2v) is 9.15. The molecular weight excluding hydrogens is 306 g/mol. The first-order valence-electron chi connectivity index (χ1n) is 7.48. The van der Waals surface area contributed by atoms with Crippen molar-refractivity contribution in [1.29, 1.82) is 0 Å². The van der Waals surface area contributed by atoms with E-state index in [1.165, 1.54) is 0 Å². The quantitative estimate of drug-likeness (QED) is 0.515. The Hall–Kier alpha value is -0.360. The summed E-state index contributed by atoms with van der Waals surface area (Å²) in [6.07, 6.45) is 1.78. The van der Waals surface area contributed by atoms with Gasteiger partial charge in [-0.2, -0.15) is 0 Å². The lowest BCUT2D eigenvalue weighted by atomic mass is 10.1. The van der Waals surface area contributed by atoms with Crippen LogP contribution in [0, 0.1) is 5.92 Å². The Kier molecular flexibility index (Phi) is 10.2. The Labute approximate surface area is 136 Å². The molecule has 2 atom stereocenters. The van der Waals surface area contributed by atoms with Crippen molar-refractivity contribution in [2.24, 2.45) is 5.92 Å². The smallest absolute Gasteiger partial charge is 0.329 e. The molecule has 0 aliphatic heterocycles. The highest BCUT2D eigenvalue weighted by molar-refractivity contribution is 8.77. The summed E-state index contributed by atoms with van der Waals surface area (Å²) < 4.78 is 5.17. The van der Waals surface area contributed by atoms with Gasteiger partial charge in [0.2, 0.25) is 5.91 Å². The first-order valence-corrected chi connectivity index (χ1v) is 9.80. The van der Waals surface area contributed by atoms with E-state index in [0.717, 1.165) is 12.8 Å². The molecule has 2 unspecified atom stereocenters. The molecule has 0 saturated heterocycles. The van der Waals surface area contributed by atoms with Gasteiger partial charge < -0.3 is 10.1 Å². The van der Waals surface area contributed by atoms with Crippen molar-refractivity contribution in [3.8, 4) is 0 Å². The van der Waals surface area contributed by atoms with Gasteiger partial charge in [0.1, 0.15) is 6.04 Å². The van der Waals surface area contributed by atoms with Crippen LogP contribution in [0.4, 0.5) is 0 Å². The zero-order valence-corrected chi connectivity index (χ0v) is 15.7. The average Bonchev–Trinajstić information content (AvgIpc) is 2.36. The Bertz CT molecular complexity index is 329. The van der Waals surface area contributed by atoms with Gasteiger partial charge in [-0.15, -0.1) is 0 Å². The van der Waals surface area contributed by atoms with Crippen LogP contribution in [-0.4, -0.2) is 35.0 Å². The molecule has 0 aromatic rings. The van der Waals surface area contributed by atoms with E-state index in [9.17, 15) is 9.59 Å². The zero-order chi connectivity index (χ0) is 16.5. The number of hydrogen-bond acceptors (Lipinski definition) is 5. The van der Waals surface area contributed by atoms with E-state index in [4.69, 9.17) is 4.74 Å². The van der Waals surface area contributed by atoms with Crippen LogP contribution in [0.2, 0.25) is 0 Å². The molecule has 124 valence electrons. The fourth-order valence-electron chi connectivity index (χ4n) is 1.57. The van der Waals surface area contributed by atoms with Crippen molar-refractivity contribution in [3.63, 3.8) is 0 Å². The van der Waals surface area contributed by atoms with Gasteiger partial charge in [-0.05, 0) is 13.3 Å². The third kappa shape index (κ3) is 10.1. The molecule has 0 rings (SSSR count).